The summed E-state index contributed by atoms with van der Waals surface area (Å²) in [6, 6.07) is 10.3. The summed E-state index contributed by atoms with van der Waals surface area (Å²) >= 11 is 0. The third-order valence-corrected chi connectivity index (χ3v) is 3.24. The van der Waals surface area contributed by atoms with Gasteiger partial charge in [-0.25, -0.2) is 4.39 Å². The van der Waals surface area contributed by atoms with Gasteiger partial charge < -0.3 is 10.0 Å². The van der Waals surface area contributed by atoms with Crippen molar-refractivity contribution in [2.75, 3.05) is 11.9 Å². The fraction of sp³-hybridized carbons (Fsp3) is 0.200. The molecule has 1 atom stereocenters. The molecule has 5 nitrogen and oxygen atoms in total. The van der Waals surface area contributed by atoms with Crippen LogP contribution in [0.15, 0.2) is 42.5 Å². The van der Waals surface area contributed by atoms with Gasteiger partial charge in [0.25, 0.3) is 5.69 Å². The molecule has 2 aromatic carbocycles. The Bertz CT molecular complexity index is 674. The van der Waals surface area contributed by atoms with Gasteiger partial charge in [-0.2, -0.15) is 0 Å². The Kier molecular flexibility index (Phi) is 4.18. The number of hydrogen-bond acceptors (Lipinski definition) is 4. The summed E-state index contributed by atoms with van der Waals surface area (Å²) in [6.07, 6.45) is -0.794. The van der Waals surface area contributed by atoms with Crippen molar-refractivity contribution in [3.8, 4) is 0 Å². The SMILES string of the molecule is CC(O)c1ccc(N(C)c2cccc(F)c2)c([N+](=O)[O-])c1. The Morgan fingerprint density at radius 3 is 2.57 bits per heavy atom. The Balaban J connectivity index is 2.50. The zero-order valence-electron chi connectivity index (χ0n) is 11.7. The molecular weight excluding hydrogens is 275 g/mol. The lowest BCUT2D eigenvalue weighted by atomic mass is 10.1. The minimum atomic E-state index is -0.794. The van der Waals surface area contributed by atoms with Crippen LogP contribution in [0.4, 0.5) is 21.5 Å². The van der Waals surface area contributed by atoms with Gasteiger partial charge in [0.1, 0.15) is 11.5 Å². The summed E-state index contributed by atoms with van der Waals surface area (Å²) < 4.78 is 13.3. The van der Waals surface area contributed by atoms with Crippen molar-refractivity contribution >= 4 is 17.1 Å². The number of halogens is 1. The maximum atomic E-state index is 13.3. The first-order chi connectivity index (χ1) is 9.90. The molecular formula is C15H15FN2O3. The van der Waals surface area contributed by atoms with E-state index in [0.29, 0.717) is 16.9 Å². The highest BCUT2D eigenvalue weighted by Gasteiger charge is 2.20. The summed E-state index contributed by atoms with van der Waals surface area (Å²) in [6.45, 7) is 1.54. The van der Waals surface area contributed by atoms with Crippen molar-refractivity contribution in [3.05, 3.63) is 64.0 Å². The maximum Gasteiger partial charge on any atom is 0.293 e. The van der Waals surface area contributed by atoms with Crippen LogP contribution < -0.4 is 4.90 Å². The fourth-order valence-electron chi connectivity index (χ4n) is 2.05. The molecule has 0 aliphatic heterocycles. The number of aliphatic hydroxyl groups is 1. The molecule has 0 saturated carbocycles. The number of hydrogen-bond donors (Lipinski definition) is 1. The second-order valence-electron chi connectivity index (χ2n) is 4.72. The van der Waals surface area contributed by atoms with Gasteiger partial charge in [-0.3, -0.25) is 10.1 Å². The molecule has 110 valence electrons. The van der Waals surface area contributed by atoms with Gasteiger partial charge in [0.05, 0.1) is 11.0 Å². The lowest BCUT2D eigenvalue weighted by molar-refractivity contribution is -0.384. The van der Waals surface area contributed by atoms with Gasteiger partial charge in [-0.05, 0) is 36.8 Å². The predicted molar refractivity (Wildman–Crippen MR) is 78.2 cm³/mol. The average Bonchev–Trinajstić information content (AvgIpc) is 2.45. The van der Waals surface area contributed by atoms with E-state index in [1.807, 2.05) is 0 Å². The highest BCUT2D eigenvalue weighted by Crippen LogP contribution is 2.34. The van der Waals surface area contributed by atoms with E-state index in [1.54, 1.807) is 25.2 Å². The third kappa shape index (κ3) is 3.17. The van der Waals surface area contributed by atoms with E-state index >= 15 is 0 Å². The minimum absolute atomic E-state index is 0.139. The van der Waals surface area contributed by atoms with Gasteiger partial charge in [0, 0.05) is 18.8 Å². The van der Waals surface area contributed by atoms with Crippen LogP contribution in [0, 0.1) is 15.9 Å². The van der Waals surface area contributed by atoms with Crippen molar-refractivity contribution in [1.29, 1.82) is 0 Å². The summed E-state index contributed by atoms with van der Waals surface area (Å²) in [5, 5.41) is 20.7. The summed E-state index contributed by atoms with van der Waals surface area (Å²) in [4.78, 5) is 12.2. The summed E-state index contributed by atoms with van der Waals surface area (Å²) in [7, 11) is 1.62. The van der Waals surface area contributed by atoms with Crippen LogP contribution in [0.3, 0.4) is 0 Å². The molecule has 0 heterocycles. The van der Waals surface area contributed by atoms with Crippen molar-refractivity contribution in [3.63, 3.8) is 0 Å². The third-order valence-electron chi connectivity index (χ3n) is 3.24. The largest absolute Gasteiger partial charge is 0.389 e. The number of anilines is 2. The normalized spacial score (nSPS) is 12.0. The lowest BCUT2D eigenvalue weighted by Gasteiger charge is -2.20. The smallest absolute Gasteiger partial charge is 0.293 e. The van der Waals surface area contributed by atoms with Crippen LogP contribution in [0.1, 0.15) is 18.6 Å². The molecule has 0 fully saturated rings. The van der Waals surface area contributed by atoms with E-state index in [-0.39, 0.29) is 5.69 Å². The van der Waals surface area contributed by atoms with Crippen LogP contribution in [-0.4, -0.2) is 17.1 Å². The molecule has 0 saturated heterocycles. The van der Waals surface area contributed by atoms with Crippen LogP contribution in [0.2, 0.25) is 0 Å². The van der Waals surface area contributed by atoms with Crippen LogP contribution >= 0.6 is 0 Å². The minimum Gasteiger partial charge on any atom is -0.389 e. The van der Waals surface area contributed by atoms with Crippen LogP contribution in [0.25, 0.3) is 0 Å². The van der Waals surface area contributed by atoms with Crippen molar-refractivity contribution in [1.82, 2.24) is 0 Å². The monoisotopic (exact) mass is 290 g/mol. The molecule has 0 radical (unpaired) electrons. The quantitative estimate of drug-likeness (QED) is 0.690. The number of nitro benzene ring substituents is 1. The zero-order valence-corrected chi connectivity index (χ0v) is 11.7. The summed E-state index contributed by atoms with van der Waals surface area (Å²) in [5.74, 6) is -0.414. The van der Waals surface area contributed by atoms with Gasteiger partial charge in [0.2, 0.25) is 0 Å². The Labute approximate surface area is 121 Å². The number of aliphatic hydroxyl groups excluding tert-OH is 1. The predicted octanol–water partition coefficient (Wildman–Crippen LogP) is 3.56. The highest BCUT2D eigenvalue weighted by molar-refractivity contribution is 5.72. The molecule has 2 aromatic rings. The molecule has 0 amide bonds. The Morgan fingerprint density at radius 2 is 2.00 bits per heavy atom. The Morgan fingerprint density at radius 1 is 1.29 bits per heavy atom. The van der Waals surface area contributed by atoms with Gasteiger partial charge in [0.15, 0.2) is 0 Å². The van der Waals surface area contributed by atoms with E-state index in [2.05, 4.69) is 0 Å². The standard InChI is InChI=1S/C15H15FN2O3/c1-10(19)11-6-7-14(15(8-11)18(20)21)17(2)13-5-3-4-12(16)9-13/h3-10,19H,1-2H3. The fourth-order valence-corrected chi connectivity index (χ4v) is 2.05. The van der Waals surface area contributed by atoms with E-state index < -0.39 is 16.8 Å². The topological polar surface area (TPSA) is 66.6 Å². The average molecular weight is 290 g/mol. The maximum absolute atomic E-state index is 13.3. The van der Waals surface area contributed by atoms with Crippen molar-refractivity contribution < 1.29 is 14.4 Å². The molecule has 6 heteroatoms. The first-order valence-corrected chi connectivity index (χ1v) is 6.36. The molecule has 1 unspecified atom stereocenters. The summed E-state index contributed by atoms with van der Waals surface area (Å²) in [5.41, 5.74) is 1.15. The van der Waals surface area contributed by atoms with Crippen molar-refractivity contribution in [2.45, 2.75) is 13.0 Å². The number of nitrogens with zero attached hydrogens (tertiary/aromatic N) is 2. The van der Waals surface area contributed by atoms with E-state index in [4.69, 9.17) is 0 Å². The Hall–Kier alpha value is -2.47. The second kappa shape index (κ2) is 5.88. The zero-order chi connectivity index (χ0) is 15.6. The molecule has 0 bridgehead atoms. The van der Waals surface area contributed by atoms with Crippen LogP contribution in [0.5, 0.6) is 0 Å². The molecule has 21 heavy (non-hydrogen) atoms. The number of nitro groups is 1. The molecule has 0 aliphatic rings. The first kappa shape index (κ1) is 14.9. The van der Waals surface area contributed by atoms with Crippen molar-refractivity contribution in [2.24, 2.45) is 0 Å². The van der Waals surface area contributed by atoms with Gasteiger partial charge in [-0.1, -0.05) is 12.1 Å². The van der Waals surface area contributed by atoms with Gasteiger partial charge in [-0.15, -0.1) is 0 Å². The molecule has 0 aliphatic carbocycles. The molecule has 2 rings (SSSR count). The molecule has 0 spiro atoms. The molecule has 1 N–H and O–H groups in total. The van der Waals surface area contributed by atoms with E-state index in [9.17, 15) is 19.6 Å². The number of rotatable bonds is 4. The van der Waals surface area contributed by atoms with Crippen LogP contribution in [-0.2, 0) is 0 Å². The number of benzene rings is 2. The first-order valence-electron chi connectivity index (χ1n) is 6.36. The van der Waals surface area contributed by atoms with E-state index in [0.717, 1.165) is 0 Å². The second-order valence-corrected chi connectivity index (χ2v) is 4.72. The van der Waals surface area contributed by atoms with E-state index in [1.165, 1.54) is 36.1 Å². The van der Waals surface area contributed by atoms with Gasteiger partial charge >= 0.3 is 0 Å². The molecule has 0 aromatic heterocycles. The lowest BCUT2D eigenvalue weighted by Crippen LogP contribution is -2.12. The highest BCUT2D eigenvalue weighted by atomic mass is 19.1.